The van der Waals surface area contributed by atoms with Gasteiger partial charge in [-0.3, -0.25) is 0 Å². The number of imidazole rings is 1. The second kappa shape index (κ2) is 9.44. The molecule has 1 aliphatic heterocycles. The van der Waals surface area contributed by atoms with E-state index in [1.54, 1.807) is 10.9 Å². The molecule has 10 heteroatoms. The fourth-order valence-corrected chi connectivity index (χ4v) is 17.3. The predicted octanol–water partition coefficient (Wildman–Crippen LogP) is 6.16. The van der Waals surface area contributed by atoms with Crippen molar-refractivity contribution >= 4 is 28.3 Å². The Kier molecular flexibility index (Phi) is 7.17. The first kappa shape index (κ1) is 26.6. The van der Waals surface area contributed by atoms with Crippen LogP contribution in [0.3, 0.4) is 0 Å². The highest BCUT2D eigenvalue weighted by molar-refractivity contribution is 6.84. The normalized spacial score (nSPS) is 28.8. The van der Waals surface area contributed by atoms with E-state index in [9.17, 15) is 0 Å². The van der Waals surface area contributed by atoms with Crippen LogP contribution in [0.4, 0.5) is 4.39 Å². The smallest absolute Gasteiger partial charge is 0.335 e. The van der Waals surface area contributed by atoms with Gasteiger partial charge in [-0.25, -0.2) is 19.3 Å². The van der Waals surface area contributed by atoms with Gasteiger partial charge in [-0.1, -0.05) is 62.0 Å². The van der Waals surface area contributed by atoms with E-state index in [1.165, 1.54) is 6.33 Å². The van der Waals surface area contributed by atoms with Crippen LogP contribution in [-0.4, -0.2) is 55.5 Å². The first-order valence-electron chi connectivity index (χ1n) is 12.9. The summed E-state index contributed by atoms with van der Waals surface area (Å²) in [6.07, 6.45) is 1.15. The second-order valence-electron chi connectivity index (χ2n) is 11.4. The Hall–Kier alpha value is -1.47. The van der Waals surface area contributed by atoms with E-state index >= 15 is 4.39 Å². The SMILES string of the molecule is C=C1[C@@H](n2cnc3c(C)ncnc32)[C@H](F)C2O[Si](C(C)C)(C(C)C)O[Si](C(C)C)(C(C)C)OC[C@@H]12. The zero-order chi connectivity index (χ0) is 25.9. The van der Waals surface area contributed by atoms with Crippen LogP contribution in [0.1, 0.15) is 67.1 Å². The van der Waals surface area contributed by atoms with Gasteiger partial charge in [-0.2, -0.15) is 0 Å². The molecule has 2 aliphatic rings. The van der Waals surface area contributed by atoms with Gasteiger partial charge in [0.2, 0.25) is 0 Å². The van der Waals surface area contributed by atoms with E-state index in [-0.39, 0.29) is 28.1 Å². The lowest BCUT2D eigenvalue weighted by atomic mass is 10.0. The average molecular weight is 521 g/mol. The number of nitrogens with zero attached hydrogens (tertiary/aromatic N) is 4. The molecule has 2 fully saturated rings. The lowest BCUT2D eigenvalue weighted by molar-refractivity contribution is 0.00846. The molecule has 3 heterocycles. The Morgan fingerprint density at radius 3 is 2.14 bits per heavy atom. The molecule has 0 spiro atoms. The van der Waals surface area contributed by atoms with E-state index in [1.807, 2.05) is 6.92 Å². The van der Waals surface area contributed by atoms with E-state index < -0.39 is 35.4 Å². The van der Waals surface area contributed by atoms with Crippen LogP contribution in [0.2, 0.25) is 22.2 Å². The van der Waals surface area contributed by atoms with E-state index in [4.69, 9.17) is 13.0 Å². The molecule has 0 aromatic carbocycles. The summed E-state index contributed by atoms with van der Waals surface area (Å²) in [5, 5.41) is 0. The molecule has 1 saturated carbocycles. The lowest BCUT2D eigenvalue weighted by Gasteiger charge is -2.51. The van der Waals surface area contributed by atoms with Crippen molar-refractivity contribution in [3.05, 3.63) is 30.5 Å². The van der Waals surface area contributed by atoms with Gasteiger partial charge in [0, 0.05) is 12.5 Å². The third-order valence-corrected chi connectivity index (χ3v) is 18.3. The Morgan fingerprint density at radius 2 is 1.57 bits per heavy atom. The topological polar surface area (TPSA) is 71.3 Å². The van der Waals surface area contributed by atoms with Gasteiger partial charge in [0.15, 0.2) is 11.8 Å². The molecule has 1 unspecified atom stereocenters. The van der Waals surface area contributed by atoms with Gasteiger partial charge < -0.3 is 17.5 Å². The number of rotatable bonds is 5. The fraction of sp³-hybridized carbons (Fsp3) is 0.720. The molecular weight excluding hydrogens is 479 g/mol. The Morgan fingerprint density at radius 1 is 0.971 bits per heavy atom. The van der Waals surface area contributed by atoms with Gasteiger partial charge in [0.1, 0.15) is 11.8 Å². The van der Waals surface area contributed by atoms with E-state index in [0.717, 1.165) is 11.3 Å². The summed E-state index contributed by atoms with van der Waals surface area (Å²) in [5.41, 5.74) is 3.56. The Balaban J connectivity index is 1.83. The zero-order valence-electron chi connectivity index (χ0n) is 22.6. The molecule has 1 saturated heterocycles. The number of aryl methyl sites for hydroxylation is 1. The third kappa shape index (κ3) is 4.05. The molecular formula is C25H41FN4O3Si2. The molecule has 0 N–H and O–H groups in total. The maximum Gasteiger partial charge on any atom is 0.335 e. The minimum atomic E-state index is -2.91. The molecule has 0 bridgehead atoms. The van der Waals surface area contributed by atoms with Crippen molar-refractivity contribution in [3.63, 3.8) is 0 Å². The van der Waals surface area contributed by atoms with E-state index in [0.29, 0.717) is 17.8 Å². The molecule has 35 heavy (non-hydrogen) atoms. The standard InChI is InChI=1S/C25H41FN4O3Si2/c1-14(2)34(15(3)4)31-11-20-18(9)23(30-13-29-22-19(10)27-12-28-25(22)30)21(26)24(20)32-35(33-34,16(5)6)17(7)8/h12-17,20-21,23-24H,9,11H2,1-8,10H3/t20-,21-,23+,24?/m0/s1. The highest BCUT2D eigenvalue weighted by Crippen LogP contribution is 2.52. The van der Waals surface area contributed by atoms with Crippen LogP contribution in [0, 0.1) is 12.8 Å². The van der Waals surface area contributed by atoms with Crippen LogP contribution in [0.5, 0.6) is 0 Å². The van der Waals surface area contributed by atoms with Gasteiger partial charge in [0.05, 0.1) is 24.2 Å². The number of hydrogen-bond donors (Lipinski definition) is 0. The van der Waals surface area contributed by atoms with Crippen molar-refractivity contribution in [2.45, 2.75) is 103 Å². The van der Waals surface area contributed by atoms with Gasteiger partial charge >= 0.3 is 17.1 Å². The van der Waals surface area contributed by atoms with Crippen LogP contribution >= 0.6 is 0 Å². The molecule has 0 radical (unpaired) electrons. The van der Waals surface area contributed by atoms with Gasteiger partial charge in [0.25, 0.3) is 0 Å². The maximum absolute atomic E-state index is 16.5. The summed E-state index contributed by atoms with van der Waals surface area (Å²) in [5.74, 6) is -0.270. The lowest BCUT2D eigenvalue weighted by Crippen LogP contribution is -2.65. The molecule has 4 rings (SSSR count). The summed E-state index contributed by atoms with van der Waals surface area (Å²) in [6.45, 7) is 24.0. The molecule has 194 valence electrons. The predicted molar refractivity (Wildman–Crippen MR) is 140 cm³/mol. The molecule has 0 amide bonds. The first-order chi connectivity index (χ1) is 16.4. The third-order valence-electron chi connectivity index (χ3n) is 8.06. The average Bonchev–Trinajstić information content (AvgIpc) is 3.27. The van der Waals surface area contributed by atoms with Crippen molar-refractivity contribution in [1.29, 1.82) is 0 Å². The first-order valence-corrected chi connectivity index (χ1v) is 16.8. The van der Waals surface area contributed by atoms with Crippen LogP contribution in [-0.2, 0) is 13.0 Å². The number of alkyl halides is 1. The van der Waals surface area contributed by atoms with Crippen molar-refractivity contribution in [2.75, 3.05) is 6.61 Å². The van der Waals surface area contributed by atoms with Crippen molar-refractivity contribution in [3.8, 4) is 0 Å². The molecule has 2 aromatic heterocycles. The Labute approximate surface area is 211 Å². The second-order valence-corrected chi connectivity index (χ2v) is 20.3. The number of aromatic nitrogens is 4. The van der Waals surface area contributed by atoms with Crippen LogP contribution in [0.25, 0.3) is 11.2 Å². The van der Waals surface area contributed by atoms with Crippen molar-refractivity contribution in [2.24, 2.45) is 5.92 Å². The summed E-state index contributed by atoms with van der Waals surface area (Å²) >= 11 is 0. The fourth-order valence-electron chi connectivity index (χ4n) is 6.04. The summed E-state index contributed by atoms with van der Waals surface area (Å²) in [6, 6.07) is -0.633. The summed E-state index contributed by atoms with van der Waals surface area (Å²) in [4.78, 5) is 13.1. The number of halogens is 1. The van der Waals surface area contributed by atoms with Crippen LogP contribution in [0.15, 0.2) is 24.8 Å². The van der Waals surface area contributed by atoms with Crippen LogP contribution < -0.4 is 0 Å². The quantitative estimate of drug-likeness (QED) is 0.347. The van der Waals surface area contributed by atoms with Crippen molar-refractivity contribution < 1.29 is 17.4 Å². The number of hydrogen-bond acceptors (Lipinski definition) is 6. The minimum absolute atomic E-state index is 0.137. The largest absolute Gasteiger partial charge is 0.414 e. The van der Waals surface area contributed by atoms with E-state index in [2.05, 4.69) is 76.9 Å². The Bertz CT molecular complexity index is 1070. The monoisotopic (exact) mass is 520 g/mol. The molecule has 7 nitrogen and oxygen atoms in total. The zero-order valence-corrected chi connectivity index (χ0v) is 24.6. The van der Waals surface area contributed by atoms with Gasteiger partial charge in [-0.05, 0) is 34.7 Å². The van der Waals surface area contributed by atoms with Crippen molar-refractivity contribution in [1.82, 2.24) is 19.5 Å². The summed E-state index contributed by atoms with van der Waals surface area (Å²) in [7, 11) is -5.61. The maximum atomic E-state index is 16.5. The number of fused-ring (bicyclic) bond motifs is 2. The highest BCUT2D eigenvalue weighted by Gasteiger charge is 2.62. The van der Waals surface area contributed by atoms with Gasteiger partial charge in [-0.15, -0.1) is 0 Å². The summed E-state index contributed by atoms with van der Waals surface area (Å²) < 4.78 is 39.4. The molecule has 2 aromatic rings. The minimum Gasteiger partial charge on any atom is -0.414 e. The highest BCUT2D eigenvalue weighted by atomic mass is 28.5. The molecule has 4 atom stereocenters. The molecule has 1 aliphatic carbocycles.